The fourth-order valence-corrected chi connectivity index (χ4v) is 2.41. The molecule has 1 aliphatic rings. The number of carbonyl (C=O) groups is 1. The number of rotatable bonds is 3. The van der Waals surface area contributed by atoms with Gasteiger partial charge < -0.3 is 15.4 Å². The number of carbonyl (C=O) groups excluding carboxylic acids is 1. The monoisotopic (exact) mass is 357 g/mol. The molecule has 1 saturated carbocycles. The number of ether oxygens (including phenoxy) is 1. The second kappa shape index (κ2) is 6.55. The SMILES string of the molecule is CC(C)(C)OC(=O)NC1CC[C@H](Nc2ncc(Br)nn2)C1. The fourth-order valence-electron chi connectivity index (χ4n) is 2.23. The van der Waals surface area contributed by atoms with Crippen LogP contribution in [0.3, 0.4) is 0 Å². The Morgan fingerprint density at radius 1 is 1.33 bits per heavy atom. The largest absolute Gasteiger partial charge is 0.444 e. The molecule has 1 fully saturated rings. The third-order valence-electron chi connectivity index (χ3n) is 3.02. The van der Waals surface area contributed by atoms with Gasteiger partial charge in [-0.1, -0.05) is 0 Å². The number of amides is 1. The molecule has 0 radical (unpaired) electrons. The number of alkyl carbamates (subject to hydrolysis) is 1. The van der Waals surface area contributed by atoms with Crippen molar-refractivity contribution in [1.29, 1.82) is 0 Å². The average molecular weight is 358 g/mol. The molecule has 1 aromatic rings. The number of halogens is 1. The molecule has 0 aromatic carbocycles. The van der Waals surface area contributed by atoms with Gasteiger partial charge >= 0.3 is 6.09 Å². The van der Waals surface area contributed by atoms with Gasteiger partial charge in [0.25, 0.3) is 0 Å². The summed E-state index contributed by atoms with van der Waals surface area (Å²) < 4.78 is 5.86. The lowest BCUT2D eigenvalue weighted by Gasteiger charge is -2.21. The molecule has 1 amide bonds. The van der Waals surface area contributed by atoms with Crippen LogP contribution >= 0.6 is 15.9 Å². The quantitative estimate of drug-likeness (QED) is 0.863. The summed E-state index contributed by atoms with van der Waals surface area (Å²) in [6.45, 7) is 5.55. The van der Waals surface area contributed by atoms with Gasteiger partial charge in [-0.3, -0.25) is 0 Å². The molecule has 2 atom stereocenters. The van der Waals surface area contributed by atoms with Crippen molar-refractivity contribution < 1.29 is 9.53 Å². The Kier molecular flexibility index (Phi) is 4.97. The van der Waals surface area contributed by atoms with Crippen LogP contribution in [0.4, 0.5) is 10.7 Å². The molecule has 0 aliphatic heterocycles. The van der Waals surface area contributed by atoms with Crippen LogP contribution in [0.1, 0.15) is 40.0 Å². The van der Waals surface area contributed by atoms with Crippen molar-refractivity contribution in [3.8, 4) is 0 Å². The van der Waals surface area contributed by atoms with E-state index in [1.165, 1.54) is 0 Å². The Balaban J connectivity index is 1.78. The van der Waals surface area contributed by atoms with Gasteiger partial charge in [0, 0.05) is 12.1 Å². The van der Waals surface area contributed by atoms with E-state index in [-0.39, 0.29) is 18.2 Å². The first kappa shape index (κ1) is 15.9. The lowest BCUT2D eigenvalue weighted by atomic mass is 10.2. The summed E-state index contributed by atoms with van der Waals surface area (Å²) >= 11 is 3.19. The van der Waals surface area contributed by atoms with E-state index in [0.29, 0.717) is 10.6 Å². The van der Waals surface area contributed by atoms with Gasteiger partial charge in [-0.05, 0) is 56.0 Å². The highest BCUT2D eigenvalue weighted by molar-refractivity contribution is 9.10. The van der Waals surface area contributed by atoms with Crippen molar-refractivity contribution in [3.05, 3.63) is 10.8 Å². The van der Waals surface area contributed by atoms with Crippen molar-refractivity contribution in [1.82, 2.24) is 20.5 Å². The van der Waals surface area contributed by atoms with Crippen molar-refractivity contribution in [2.24, 2.45) is 0 Å². The van der Waals surface area contributed by atoms with E-state index < -0.39 is 5.60 Å². The minimum atomic E-state index is -0.475. The van der Waals surface area contributed by atoms with Crippen molar-refractivity contribution in [3.63, 3.8) is 0 Å². The number of hydrogen-bond donors (Lipinski definition) is 2. The van der Waals surface area contributed by atoms with Gasteiger partial charge in [0.05, 0.1) is 6.20 Å². The molecule has 0 spiro atoms. The highest BCUT2D eigenvalue weighted by Crippen LogP contribution is 2.22. The average Bonchev–Trinajstić information content (AvgIpc) is 2.77. The number of nitrogens with one attached hydrogen (secondary N) is 2. The van der Waals surface area contributed by atoms with Crippen LogP contribution in [0.5, 0.6) is 0 Å². The predicted octanol–water partition coefficient (Wildman–Crippen LogP) is 2.49. The normalized spacial score (nSPS) is 21.9. The highest BCUT2D eigenvalue weighted by Gasteiger charge is 2.28. The molecule has 0 saturated heterocycles. The second-order valence-corrected chi connectivity index (χ2v) is 6.91. The van der Waals surface area contributed by atoms with E-state index in [1.54, 1.807) is 6.20 Å². The van der Waals surface area contributed by atoms with Crippen LogP contribution < -0.4 is 10.6 Å². The third-order valence-corrected chi connectivity index (χ3v) is 3.38. The molecule has 8 heteroatoms. The van der Waals surface area contributed by atoms with E-state index in [9.17, 15) is 4.79 Å². The van der Waals surface area contributed by atoms with E-state index in [2.05, 4.69) is 41.7 Å². The Morgan fingerprint density at radius 3 is 2.67 bits per heavy atom. The van der Waals surface area contributed by atoms with Crippen molar-refractivity contribution >= 4 is 28.0 Å². The summed E-state index contributed by atoms with van der Waals surface area (Å²) in [5.41, 5.74) is -0.475. The van der Waals surface area contributed by atoms with Crippen LogP contribution in [0.25, 0.3) is 0 Å². The zero-order valence-electron chi connectivity index (χ0n) is 12.4. The van der Waals surface area contributed by atoms with Crippen LogP contribution in [-0.2, 0) is 4.74 Å². The topological polar surface area (TPSA) is 89.0 Å². The van der Waals surface area contributed by atoms with Gasteiger partial charge in [0.2, 0.25) is 5.95 Å². The van der Waals surface area contributed by atoms with Gasteiger partial charge in [-0.15, -0.1) is 10.2 Å². The molecule has 1 heterocycles. The molecule has 0 bridgehead atoms. The maximum atomic E-state index is 11.7. The van der Waals surface area contributed by atoms with Gasteiger partial charge in [0.1, 0.15) is 10.2 Å². The summed E-state index contributed by atoms with van der Waals surface area (Å²) in [7, 11) is 0. The molecule has 21 heavy (non-hydrogen) atoms. The van der Waals surface area contributed by atoms with Crippen molar-refractivity contribution in [2.45, 2.75) is 57.7 Å². The fraction of sp³-hybridized carbons (Fsp3) is 0.692. The first-order valence-electron chi connectivity index (χ1n) is 6.93. The summed E-state index contributed by atoms with van der Waals surface area (Å²) in [5.74, 6) is 0.501. The molecule has 1 aromatic heterocycles. The predicted molar refractivity (Wildman–Crippen MR) is 81.9 cm³/mol. The van der Waals surface area contributed by atoms with Gasteiger partial charge in [0.15, 0.2) is 0 Å². The van der Waals surface area contributed by atoms with E-state index in [1.807, 2.05) is 20.8 Å². The number of anilines is 1. The van der Waals surface area contributed by atoms with Crippen LogP contribution in [-0.4, -0.2) is 39.0 Å². The Morgan fingerprint density at radius 2 is 2.05 bits per heavy atom. The zero-order chi connectivity index (χ0) is 15.5. The second-order valence-electron chi connectivity index (χ2n) is 6.10. The summed E-state index contributed by atoms with van der Waals surface area (Å²) in [5, 5.41) is 13.9. The van der Waals surface area contributed by atoms with Crippen LogP contribution in [0, 0.1) is 0 Å². The summed E-state index contributed by atoms with van der Waals surface area (Å²) in [6, 6.07) is 0.341. The highest BCUT2D eigenvalue weighted by atomic mass is 79.9. The van der Waals surface area contributed by atoms with E-state index >= 15 is 0 Å². The molecule has 1 unspecified atom stereocenters. The van der Waals surface area contributed by atoms with Gasteiger partial charge in [-0.2, -0.15) is 0 Å². The van der Waals surface area contributed by atoms with Gasteiger partial charge in [-0.25, -0.2) is 9.78 Å². The number of aromatic nitrogens is 3. The molecule has 1 aliphatic carbocycles. The first-order valence-corrected chi connectivity index (χ1v) is 7.72. The minimum Gasteiger partial charge on any atom is -0.444 e. The maximum absolute atomic E-state index is 11.7. The molecule has 7 nitrogen and oxygen atoms in total. The molecular formula is C13H20BrN5O2. The lowest BCUT2D eigenvalue weighted by molar-refractivity contribution is 0.0505. The maximum Gasteiger partial charge on any atom is 0.407 e. The molecule has 2 rings (SSSR count). The van der Waals surface area contributed by atoms with E-state index in [0.717, 1.165) is 19.3 Å². The first-order chi connectivity index (χ1) is 9.82. The van der Waals surface area contributed by atoms with E-state index in [4.69, 9.17) is 4.74 Å². The standard InChI is InChI=1S/C13H20BrN5O2/c1-13(2,3)21-12(20)17-9-5-4-8(6-9)16-11-15-7-10(14)18-19-11/h7-9H,4-6H2,1-3H3,(H,17,20)(H,15,16,19)/t8-,9?/m0/s1. The third kappa shape index (κ3) is 5.45. The lowest BCUT2D eigenvalue weighted by Crippen LogP contribution is -2.38. The van der Waals surface area contributed by atoms with Crippen LogP contribution in [0.15, 0.2) is 10.8 Å². The molecular weight excluding hydrogens is 338 g/mol. The smallest absolute Gasteiger partial charge is 0.407 e. The Labute approximate surface area is 132 Å². The molecule has 116 valence electrons. The number of hydrogen-bond acceptors (Lipinski definition) is 6. The minimum absolute atomic E-state index is 0.112. The van der Waals surface area contributed by atoms with Crippen LogP contribution in [0.2, 0.25) is 0 Å². The molecule has 2 N–H and O–H groups in total. The summed E-state index contributed by atoms with van der Waals surface area (Å²) in [4.78, 5) is 15.9. The summed E-state index contributed by atoms with van der Waals surface area (Å²) in [6.07, 6.45) is 3.90. The Bertz CT molecular complexity index is 488. The van der Waals surface area contributed by atoms with Crippen molar-refractivity contribution in [2.75, 3.05) is 5.32 Å². The number of nitrogens with zero attached hydrogens (tertiary/aromatic N) is 3. The zero-order valence-corrected chi connectivity index (χ0v) is 14.0. The Hall–Kier alpha value is -1.44.